The van der Waals surface area contributed by atoms with Crippen molar-refractivity contribution >= 4 is 24.1 Å². The number of carbonyl (C=O) groups excluding carboxylic acids is 1. The van der Waals surface area contributed by atoms with Crippen LogP contribution in [0, 0.1) is 0 Å². The summed E-state index contributed by atoms with van der Waals surface area (Å²) in [5.41, 5.74) is 0.723. The maximum Gasteiger partial charge on any atom is 0.255 e. The number of rotatable bonds is 5. The van der Waals surface area contributed by atoms with Gasteiger partial charge in [-0.2, -0.15) is 0 Å². The second-order valence-corrected chi connectivity index (χ2v) is 7.25. The molecule has 0 atom stereocenters. The predicted octanol–water partition coefficient (Wildman–Crippen LogP) is 3.44. The zero-order valence-electron chi connectivity index (χ0n) is 16.2. The van der Waals surface area contributed by atoms with Crippen LogP contribution in [0.25, 0.3) is 0 Å². The summed E-state index contributed by atoms with van der Waals surface area (Å²) < 4.78 is 0. The summed E-state index contributed by atoms with van der Waals surface area (Å²) in [6.07, 6.45) is 7.70. The molecule has 0 spiro atoms. The number of carbonyl (C=O) groups is 1. The van der Waals surface area contributed by atoms with Crippen LogP contribution in [0.1, 0.15) is 56.3 Å². The van der Waals surface area contributed by atoms with Crippen molar-refractivity contribution in [3.63, 3.8) is 0 Å². The van der Waals surface area contributed by atoms with Crippen molar-refractivity contribution in [1.82, 2.24) is 14.8 Å². The minimum atomic E-state index is 0. The molecule has 5 nitrogen and oxygen atoms in total. The number of nitrogens with zero attached hydrogens (tertiary/aromatic N) is 4. The summed E-state index contributed by atoms with van der Waals surface area (Å²) in [5.74, 6) is 1.14. The largest absolute Gasteiger partial charge is 0.354 e. The van der Waals surface area contributed by atoms with Crippen molar-refractivity contribution in [1.29, 1.82) is 0 Å². The van der Waals surface area contributed by atoms with Gasteiger partial charge >= 0.3 is 0 Å². The van der Waals surface area contributed by atoms with Crippen LogP contribution in [-0.4, -0.2) is 66.0 Å². The zero-order chi connectivity index (χ0) is 17.6. The van der Waals surface area contributed by atoms with Gasteiger partial charge in [-0.05, 0) is 44.2 Å². The fourth-order valence-electron chi connectivity index (χ4n) is 4.10. The molecule has 3 rings (SSSR count). The summed E-state index contributed by atoms with van der Waals surface area (Å²) in [7, 11) is 0. The summed E-state index contributed by atoms with van der Waals surface area (Å²) in [6, 6.07) is 4.68. The lowest BCUT2D eigenvalue weighted by Crippen LogP contribution is -2.50. The van der Waals surface area contributed by atoms with Crippen LogP contribution in [0.15, 0.2) is 18.3 Å². The Bertz CT molecular complexity index is 547. The lowest BCUT2D eigenvalue weighted by Gasteiger charge is -2.39. The highest BCUT2D eigenvalue weighted by Gasteiger charge is 2.23. The first-order chi connectivity index (χ1) is 12.2. The normalized spacial score (nSPS) is 18.7. The Morgan fingerprint density at radius 3 is 2.19 bits per heavy atom. The number of hydrogen-bond acceptors (Lipinski definition) is 4. The average molecular weight is 381 g/mol. The lowest BCUT2D eigenvalue weighted by molar-refractivity contribution is 0.0724. The van der Waals surface area contributed by atoms with Crippen molar-refractivity contribution in [2.45, 2.75) is 52.0 Å². The smallest absolute Gasteiger partial charge is 0.255 e. The Morgan fingerprint density at radius 2 is 1.65 bits per heavy atom. The molecule has 0 aliphatic carbocycles. The monoisotopic (exact) mass is 380 g/mol. The SMILES string of the molecule is CCC(CC)N1CCN(c2ccc(C(=O)N3CCCCC3)cn2)CC1.Cl. The van der Waals surface area contributed by atoms with Gasteiger partial charge in [0.2, 0.25) is 0 Å². The zero-order valence-corrected chi connectivity index (χ0v) is 17.0. The van der Waals surface area contributed by atoms with E-state index in [-0.39, 0.29) is 18.3 Å². The molecule has 0 radical (unpaired) electrons. The Kier molecular flexibility index (Phi) is 8.16. The van der Waals surface area contributed by atoms with E-state index in [4.69, 9.17) is 0 Å². The van der Waals surface area contributed by atoms with Crippen LogP contribution in [-0.2, 0) is 0 Å². The molecule has 0 unspecified atom stereocenters. The van der Waals surface area contributed by atoms with E-state index in [0.717, 1.165) is 63.5 Å². The minimum Gasteiger partial charge on any atom is -0.354 e. The Labute approximate surface area is 164 Å². The van der Waals surface area contributed by atoms with Crippen molar-refractivity contribution in [3.8, 4) is 0 Å². The van der Waals surface area contributed by atoms with Crippen LogP contribution in [0.2, 0.25) is 0 Å². The standard InChI is InChI=1S/C20H32N4O.ClH/c1-3-18(4-2)22-12-14-23(15-13-22)19-9-8-17(16-21-19)20(25)24-10-6-5-7-11-24;/h8-9,16,18H,3-7,10-15H2,1-2H3;1H. The number of aromatic nitrogens is 1. The quantitative estimate of drug-likeness (QED) is 0.784. The first-order valence-corrected chi connectivity index (χ1v) is 9.97. The first-order valence-electron chi connectivity index (χ1n) is 9.97. The minimum absolute atomic E-state index is 0. The van der Waals surface area contributed by atoms with Crippen LogP contribution < -0.4 is 4.90 Å². The van der Waals surface area contributed by atoms with Crippen molar-refractivity contribution in [2.24, 2.45) is 0 Å². The van der Waals surface area contributed by atoms with Crippen LogP contribution >= 0.6 is 12.4 Å². The molecule has 2 saturated heterocycles. The van der Waals surface area contributed by atoms with Gasteiger partial charge in [-0.15, -0.1) is 12.4 Å². The molecule has 0 bridgehead atoms. The number of amides is 1. The third-order valence-electron chi connectivity index (χ3n) is 5.74. The molecule has 1 aromatic rings. The maximum absolute atomic E-state index is 12.5. The fraction of sp³-hybridized carbons (Fsp3) is 0.700. The van der Waals surface area contributed by atoms with Gasteiger partial charge in [0.1, 0.15) is 5.82 Å². The molecule has 1 aromatic heterocycles. The van der Waals surface area contributed by atoms with E-state index in [1.165, 1.54) is 19.3 Å². The van der Waals surface area contributed by atoms with E-state index in [1.807, 2.05) is 17.0 Å². The molecule has 2 aliphatic heterocycles. The van der Waals surface area contributed by atoms with Crippen molar-refractivity contribution in [2.75, 3.05) is 44.2 Å². The Hall–Kier alpha value is -1.33. The van der Waals surface area contributed by atoms with Crippen molar-refractivity contribution < 1.29 is 4.79 Å². The van der Waals surface area contributed by atoms with Gasteiger partial charge in [-0.25, -0.2) is 4.98 Å². The van der Waals surface area contributed by atoms with E-state index < -0.39 is 0 Å². The van der Waals surface area contributed by atoms with Gasteiger partial charge in [0, 0.05) is 51.5 Å². The van der Waals surface area contributed by atoms with Gasteiger partial charge in [0.25, 0.3) is 5.91 Å². The fourth-order valence-corrected chi connectivity index (χ4v) is 4.10. The number of halogens is 1. The van der Waals surface area contributed by atoms with E-state index >= 15 is 0 Å². The highest BCUT2D eigenvalue weighted by atomic mass is 35.5. The second kappa shape index (κ2) is 10.1. The molecule has 3 heterocycles. The number of piperidine rings is 1. The van der Waals surface area contributed by atoms with Gasteiger partial charge in [-0.3, -0.25) is 9.69 Å². The first kappa shape index (κ1) is 21.0. The van der Waals surface area contributed by atoms with Gasteiger partial charge < -0.3 is 9.80 Å². The number of pyridine rings is 1. The number of hydrogen-bond donors (Lipinski definition) is 0. The summed E-state index contributed by atoms with van der Waals surface area (Å²) in [5, 5.41) is 0. The number of anilines is 1. The predicted molar refractivity (Wildman–Crippen MR) is 109 cm³/mol. The van der Waals surface area contributed by atoms with Crippen LogP contribution in [0.4, 0.5) is 5.82 Å². The second-order valence-electron chi connectivity index (χ2n) is 7.25. The lowest BCUT2D eigenvalue weighted by atomic mass is 10.1. The molecular formula is C20H33ClN4O. The third-order valence-corrected chi connectivity index (χ3v) is 5.74. The summed E-state index contributed by atoms with van der Waals surface area (Å²) >= 11 is 0. The van der Waals surface area contributed by atoms with E-state index in [2.05, 4.69) is 28.6 Å². The topological polar surface area (TPSA) is 39.7 Å². The molecule has 2 fully saturated rings. The average Bonchev–Trinajstić information content (AvgIpc) is 2.70. The highest BCUT2D eigenvalue weighted by Crippen LogP contribution is 2.19. The van der Waals surface area contributed by atoms with Gasteiger partial charge in [0.15, 0.2) is 0 Å². The van der Waals surface area contributed by atoms with E-state index in [9.17, 15) is 4.79 Å². The molecule has 0 aromatic carbocycles. The Morgan fingerprint density at radius 1 is 1.00 bits per heavy atom. The van der Waals surface area contributed by atoms with Gasteiger partial charge in [0.05, 0.1) is 5.56 Å². The maximum atomic E-state index is 12.5. The van der Waals surface area contributed by atoms with E-state index in [0.29, 0.717) is 6.04 Å². The molecule has 2 aliphatic rings. The number of piperazine rings is 1. The highest BCUT2D eigenvalue weighted by molar-refractivity contribution is 5.94. The summed E-state index contributed by atoms with van der Waals surface area (Å²) in [4.78, 5) is 24.0. The van der Waals surface area contributed by atoms with Crippen LogP contribution in [0.3, 0.4) is 0 Å². The summed E-state index contributed by atoms with van der Waals surface area (Å²) in [6.45, 7) is 10.6. The molecule has 26 heavy (non-hydrogen) atoms. The molecule has 146 valence electrons. The Balaban J connectivity index is 0.00000243. The number of likely N-dealkylation sites (tertiary alicyclic amines) is 1. The molecular weight excluding hydrogens is 348 g/mol. The molecule has 0 saturated carbocycles. The van der Waals surface area contributed by atoms with E-state index in [1.54, 1.807) is 6.20 Å². The van der Waals surface area contributed by atoms with Gasteiger partial charge in [-0.1, -0.05) is 13.8 Å². The molecule has 0 N–H and O–H groups in total. The third kappa shape index (κ3) is 4.89. The van der Waals surface area contributed by atoms with Crippen molar-refractivity contribution in [3.05, 3.63) is 23.9 Å². The molecule has 1 amide bonds. The van der Waals surface area contributed by atoms with Crippen LogP contribution in [0.5, 0.6) is 0 Å². The molecule has 6 heteroatoms.